The Morgan fingerprint density at radius 1 is 1.14 bits per heavy atom. The second-order valence-electron chi connectivity index (χ2n) is 5.29. The lowest BCUT2D eigenvalue weighted by Gasteiger charge is -2.08. The number of methoxy groups -OCH3 is 1. The first kappa shape index (κ1) is 14.4. The summed E-state index contributed by atoms with van der Waals surface area (Å²) in [6.45, 7) is 0.560. The fraction of sp³-hybridized carbons (Fsp3) is 0.211. The van der Waals surface area contributed by atoms with Crippen LogP contribution in [0.5, 0.6) is 5.75 Å². The zero-order valence-corrected chi connectivity index (χ0v) is 12.5. The Morgan fingerprint density at radius 2 is 1.95 bits per heavy atom. The van der Waals surface area contributed by atoms with Crippen molar-refractivity contribution in [1.29, 1.82) is 0 Å². The zero-order chi connectivity index (χ0) is 15.4. The van der Waals surface area contributed by atoms with Gasteiger partial charge in [-0.2, -0.15) is 0 Å². The molecule has 2 aromatic carbocycles. The molecule has 0 atom stereocenters. The number of carbonyl (C=O) groups is 1. The number of ether oxygens (including phenoxy) is 2. The molecule has 2 aromatic rings. The van der Waals surface area contributed by atoms with Crippen LogP contribution >= 0.6 is 0 Å². The molecule has 0 aromatic heterocycles. The van der Waals surface area contributed by atoms with E-state index in [1.807, 2.05) is 42.5 Å². The van der Waals surface area contributed by atoms with Gasteiger partial charge in [0.05, 0.1) is 7.11 Å². The average molecular weight is 294 g/mol. The molecule has 0 heterocycles. The van der Waals surface area contributed by atoms with E-state index in [0.29, 0.717) is 6.61 Å². The van der Waals surface area contributed by atoms with E-state index in [1.165, 1.54) is 12.7 Å². The average Bonchev–Trinajstić information content (AvgIpc) is 2.96. The topological polar surface area (TPSA) is 35.5 Å². The third-order valence-corrected chi connectivity index (χ3v) is 3.83. The Kier molecular flexibility index (Phi) is 4.24. The van der Waals surface area contributed by atoms with Crippen molar-refractivity contribution in [3.63, 3.8) is 0 Å². The van der Waals surface area contributed by atoms with Gasteiger partial charge in [0.2, 0.25) is 0 Å². The number of fused-ring (bicyclic) bond motifs is 1. The predicted octanol–water partition coefficient (Wildman–Crippen LogP) is 3.77. The Hall–Kier alpha value is -2.55. The van der Waals surface area contributed by atoms with Gasteiger partial charge in [0, 0.05) is 6.08 Å². The van der Waals surface area contributed by atoms with Crippen LogP contribution in [0.3, 0.4) is 0 Å². The summed E-state index contributed by atoms with van der Waals surface area (Å²) in [5, 5.41) is 0. The summed E-state index contributed by atoms with van der Waals surface area (Å²) in [7, 11) is 1.40. The molecule has 0 bridgehead atoms. The number of carbonyl (C=O) groups excluding carboxylic acids is 1. The van der Waals surface area contributed by atoms with Crippen molar-refractivity contribution >= 4 is 11.5 Å². The molecule has 3 rings (SSSR count). The molecule has 0 fully saturated rings. The lowest BCUT2D eigenvalue weighted by Crippen LogP contribution is -1.97. The van der Waals surface area contributed by atoms with Crippen LogP contribution in [-0.2, 0) is 22.6 Å². The first-order valence-electron chi connectivity index (χ1n) is 7.35. The van der Waals surface area contributed by atoms with Gasteiger partial charge in [-0.05, 0) is 47.2 Å². The van der Waals surface area contributed by atoms with Crippen LogP contribution in [0.1, 0.15) is 23.1 Å². The number of esters is 1. The summed E-state index contributed by atoms with van der Waals surface area (Å²) in [5.74, 6) is 0.564. The fourth-order valence-electron chi connectivity index (χ4n) is 2.68. The zero-order valence-electron chi connectivity index (χ0n) is 12.5. The minimum Gasteiger partial charge on any atom is -0.489 e. The molecule has 0 saturated heterocycles. The molecule has 0 N–H and O–H groups in total. The lowest BCUT2D eigenvalue weighted by molar-refractivity contribution is -0.134. The van der Waals surface area contributed by atoms with Crippen LogP contribution < -0.4 is 4.74 Å². The van der Waals surface area contributed by atoms with Gasteiger partial charge in [-0.25, -0.2) is 4.79 Å². The molecular formula is C19H18O3. The molecule has 0 spiro atoms. The molecular weight excluding hydrogens is 276 g/mol. The maximum atomic E-state index is 11.4. The van der Waals surface area contributed by atoms with Gasteiger partial charge in [0.1, 0.15) is 12.4 Å². The van der Waals surface area contributed by atoms with Gasteiger partial charge >= 0.3 is 5.97 Å². The quantitative estimate of drug-likeness (QED) is 0.636. The molecule has 0 amide bonds. The fourth-order valence-corrected chi connectivity index (χ4v) is 2.68. The molecule has 0 radical (unpaired) electrons. The molecule has 3 heteroatoms. The van der Waals surface area contributed by atoms with Gasteiger partial charge in [-0.1, -0.05) is 36.4 Å². The highest BCUT2D eigenvalue weighted by molar-refractivity contribution is 5.92. The van der Waals surface area contributed by atoms with Crippen molar-refractivity contribution in [3.05, 3.63) is 71.3 Å². The molecule has 22 heavy (non-hydrogen) atoms. The molecule has 1 aliphatic carbocycles. The Balaban J connectivity index is 1.73. The summed E-state index contributed by atoms with van der Waals surface area (Å²) in [5.41, 5.74) is 4.53. The largest absolute Gasteiger partial charge is 0.489 e. The minimum atomic E-state index is -0.299. The van der Waals surface area contributed by atoms with Gasteiger partial charge < -0.3 is 9.47 Å². The van der Waals surface area contributed by atoms with Crippen LogP contribution in [0, 0.1) is 0 Å². The Bertz CT molecular complexity index is 702. The van der Waals surface area contributed by atoms with E-state index in [0.717, 1.165) is 35.3 Å². The van der Waals surface area contributed by atoms with E-state index in [4.69, 9.17) is 9.47 Å². The van der Waals surface area contributed by atoms with E-state index in [1.54, 1.807) is 6.08 Å². The molecule has 112 valence electrons. The van der Waals surface area contributed by atoms with E-state index in [9.17, 15) is 4.79 Å². The highest BCUT2D eigenvalue weighted by Gasteiger charge is 2.18. The number of hydrogen-bond acceptors (Lipinski definition) is 3. The van der Waals surface area contributed by atoms with Crippen molar-refractivity contribution in [2.45, 2.75) is 19.4 Å². The van der Waals surface area contributed by atoms with Gasteiger partial charge in [0.15, 0.2) is 0 Å². The standard InChI is InChI=1S/C19H18O3/c1-21-19(20)12-16-8-7-15-11-17(9-10-18(15)16)22-13-14-5-3-2-4-6-14/h2-6,9-12H,7-8,13H2,1H3. The van der Waals surface area contributed by atoms with Crippen LogP contribution in [0.15, 0.2) is 54.6 Å². The van der Waals surface area contributed by atoms with Crippen LogP contribution in [-0.4, -0.2) is 13.1 Å². The number of benzene rings is 2. The highest BCUT2D eigenvalue weighted by atomic mass is 16.5. The maximum absolute atomic E-state index is 11.4. The predicted molar refractivity (Wildman–Crippen MR) is 85.5 cm³/mol. The van der Waals surface area contributed by atoms with Crippen molar-refractivity contribution in [3.8, 4) is 5.75 Å². The minimum absolute atomic E-state index is 0.299. The van der Waals surface area contributed by atoms with E-state index in [2.05, 4.69) is 6.07 Å². The van der Waals surface area contributed by atoms with Gasteiger partial charge in [-0.15, -0.1) is 0 Å². The van der Waals surface area contributed by atoms with E-state index in [-0.39, 0.29) is 5.97 Å². The number of aryl methyl sites for hydroxylation is 1. The number of rotatable bonds is 4. The summed E-state index contributed by atoms with van der Waals surface area (Å²) in [4.78, 5) is 11.4. The molecule has 0 saturated carbocycles. The highest BCUT2D eigenvalue weighted by Crippen LogP contribution is 2.34. The number of allylic oxidation sites excluding steroid dienone is 1. The summed E-state index contributed by atoms with van der Waals surface area (Å²) in [6.07, 6.45) is 3.38. The normalized spacial score (nSPS) is 14.7. The van der Waals surface area contributed by atoms with Crippen LogP contribution in [0.4, 0.5) is 0 Å². The second kappa shape index (κ2) is 6.48. The van der Waals surface area contributed by atoms with Crippen molar-refractivity contribution < 1.29 is 14.3 Å². The summed E-state index contributed by atoms with van der Waals surface area (Å²) in [6, 6.07) is 16.1. The first-order chi connectivity index (χ1) is 10.8. The van der Waals surface area contributed by atoms with Crippen molar-refractivity contribution in [2.75, 3.05) is 7.11 Å². The molecule has 1 aliphatic rings. The summed E-state index contributed by atoms with van der Waals surface area (Å²) < 4.78 is 10.5. The summed E-state index contributed by atoms with van der Waals surface area (Å²) >= 11 is 0. The lowest BCUT2D eigenvalue weighted by atomic mass is 10.1. The third kappa shape index (κ3) is 3.19. The molecule has 3 nitrogen and oxygen atoms in total. The Morgan fingerprint density at radius 3 is 2.73 bits per heavy atom. The molecule has 0 unspecified atom stereocenters. The van der Waals surface area contributed by atoms with E-state index < -0.39 is 0 Å². The smallest absolute Gasteiger partial charge is 0.330 e. The van der Waals surface area contributed by atoms with Crippen molar-refractivity contribution in [1.82, 2.24) is 0 Å². The monoisotopic (exact) mass is 294 g/mol. The van der Waals surface area contributed by atoms with Crippen LogP contribution in [0.2, 0.25) is 0 Å². The second-order valence-corrected chi connectivity index (χ2v) is 5.29. The Labute approximate surface area is 130 Å². The number of hydrogen-bond donors (Lipinski definition) is 0. The van der Waals surface area contributed by atoms with Gasteiger partial charge in [0.25, 0.3) is 0 Å². The third-order valence-electron chi connectivity index (χ3n) is 3.83. The van der Waals surface area contributed by atoms with Gasteiger partial charge in [-0.3, -0.25) is 0 Å². The SMILES string of the molecule is COC(=O)C=C1CCc2cc(OCc3ccccc3)ccc21. The molecule has 0 aliphatic heterocycles. The van der Waals surface area contributed by atoms with E-state index >= 15 is 0 Å². The first-order valence-corrected chi connectivity index (χ1v) is 7.35. The maximum Gasteiger partial charge on any atom is 0.330 e. The van der Waals surface area contributed by atoms with Crippen LogP contribution in [0.25, 0.3) is 5.57 Å². The van der Waals surface area contributed by atoms with Crippen molar-refractivity contribution in [2.24, 2.45) is 0 Å².